The highest BCUT2D eigenvalue weighted by molar-refractivity contribution is 6.34. The van der Waals surface area contributed by atoms with E-state index in [1.165, 1.54) is 0 Å². The average molecular weight is 239 g/mol. The molecule has 0 radical (unpaired) electrons. The van der Waals surface area contributed by atoms with Crippen LogP contribution >= 0.6 is 11.6 Å². The van der Waals surface area contributed by atoms with Gasteiger partial charge in [-0.25, -0.2) is 0 Å². The van der Waals surface area contributed by atoms with Crippen LogP contribution in [0.15, 0.2) is 24.3 Å². The zero-order valence-corrected chi connectivity index (χ0v) is 10.1. The predicted molar refractivity (Wildman–Crippen MR) is 64.0 cm³/mol. The molecule has 0 bridgehead atoms. The Balaban J connectivity index is 2.34. The summed E-state index contributed by atoms with van der Waals surface area (Å²) in [4.78, 5) is 12.4. The van der Waals surface area contributed by atoms with Gasteiger partial charge in [0.1, 0.15) is 5.60 Å². The molecule has 0 atom stereocenters. The van der Waals surface area contributed by atoms with E-state index < -0.39 is 5.60 Å². The fraction of sp³-hybridized carbons (Fsp3) is 0.462. The number of carbonyl (C=O) groups is 1. The van der Waals surface area contributed by atoms with Gasteiger partial charge in [0.2, 0.25) is 0 Å². The molecule has 0 heterocycles. The van der Waals surface area contributed by atoms with Gasteiger partial charge in [0.05, 0.1) is 5.02 Å². The van der Waals surface area contributed by atoms with Gasteiger partial charge in [-0.1, -0.05) is 23.7 Å². The molecule has 0 spiro atoms. The molecule has 0 aromatic heterocycles. The molecule has 3 heteroatoms. The molecule has 1 aliphatic rings. The van der Waals surface area contributed by atoms with Crippen LogP contribution in [-0.2, 0) is 4.74 Å². The third kappa shape index (κ3) is 1.87. The average Bonchev–Trinajstić information content (AvgIpc) is 2.78. The van der Waals surface area contributed by atoms with Crippen LogP contribution in [-0.4, -0.2) is 18.5 Å². The highest BCUT2D eigenvalue weighted by atomic mass is 35.5. The van der Waals surface area contributed by atoms with Gasteiger partial charge in [0, 0.05) is 12.7 Å². The van der Waals surface area contributed by atoms with Crippen molar-refractivity contribution >= 4 is 17.4 Å². The van der Waals surface area contributed by atoms with E-state index in [2.05, 4.69) is 0 Å². The Morgan fingerprint density at radius 2 is 1.94 bits per heavy atom. The Morgan fingerprint density at radius 1 is 1.31 bits per heavy atom. The van der Waals surface area contributed by atoms with Gasteiger partial charge in [0.25, 0.3) is 0 Å². The number of rotatable bonds is 3. The van der Waals surface area contributed by atoms with Crippen molar-refractivity contribution in [3.63, 3.8) is 0 Å². The fourth-order valence-electron chi connectivity index (χ4n) is 2.36. The van der Waals surface area contributed by atoms with E-state index in [-0.39, 0.29) is 5.78 Å². The number of benzene rings is 1. The van der Waals surface area contributed by atoms with Gasteiger partial charge in [-0.2, -0.15) is 0 Å². The number of hydrogen-bond donors (Lipinski definition) is 0. The van der Waals surface area contributed by atoms with Crippen molar-refractivity contribution in [1.29, 1.82) is 0 Å². The Labute approximate surface area is 101 Å². The second-order valence-corrected chi connectivity index (χ2v) is 4.62. The molecule has 2 rings (SSSR count). The van der Waals surface area contributed by atoms with Crippen LogP contribution in [0.2, 0.25) is 5.02 Å². The Hall–Kier alpha value is -0.860. The molecule has 86 valence electrons. The molecular weight excluding hydrogens is 224 g/mol. The monoisotopic (exact) mass is 238 g/mol. The molecule has 0 unspecified atom stereocenters. The van der Waals surface area contributed by atoms with E-state index in [0.717, 1.165) is 25.7 Å². The summed E-state index contributed by atoms with van der Waals surface area (Å²) in [5.74, 6) is 0.0260. The lowest BCUT2D eigenvalue weighted by molar-refractivity contribution is 0.00603. The maximum atomic E-state index is 12.4. The Morgan fingerprint density at radius 3 is 2.50 bits per heavy atom. The van der Waals surface area contributed by atoms with Crippen LogP contribution in [0.3, 0.4) is 0 Å². The molecule has 1 aromatic carbocycles. The highest BCUT2D eigenvalue weighted by Crippen LogP contribution is 2.36. The van der Waals surface area contributed by atoms with Gasteiger partial charge in [-0.05, 0) is 37.8 Å². The second-order valence-electron chi connectivity index (χ2n) is 4.21. The van der Waals surface area contributed by atoms with Crippen molar-refractivity contribution in [1.82, 2.24) is 0 Å². The number of Topliss-reactive ketones (excluding diaryl/α,β-unsaturated/α-hetero) is 1. The molecule has 0 N–H and O–H groups in total. The van der Waals surface area contributed by atoms with Crippen LogP contribution in [0.4, 0.5) is 0 Å². The van der Waals surface area contributed by atoms with Gasteiger partial charge in [0.15, 0.2) is 5.78 Å². The first kappa shape index (κ1) is 11.6. The van der Waals surface area contributed by atoms with E-state index in [1.54, 1.807) is 19.2 Å². The summed E-state index contributed by atoms with van der Waals surface area (Å²) in [5, 5.41) is 0.510. The molecular formula is C13H15ClO2. The molecule has 0 amide bonds. The summed E-state index contributed by atoms with van der Waals surface area (Å²) in [7, 11) is 1.61. The third-order valence-corrected chi connectivity index (χ3v) is 3.66. The van der Waals surface area contributed by atoms with Crippen molar-refractivity contribution in [2.45, 2.75) is 31.3 Å². The first-order valence-electron chi connectivity index (χ1n) is 5.54. The van der Waals surface area contributed by atoms with Crippen LogP contribution in [0.25, 0.3) is 0 Å². The largest absolute Gasteiger partial charge is 0.370 e. The molecule has 0 aliphatic heterocycles. The topological polar surface area (TPSA) is 26.3 Å². The Kier molecular flexibility index (Phi) is 3.31. The molecule has 1 saturated carbocycles. The van der Waals surface area contributed by atoms with Gasteiger partial charge < -0.3 is 4.74 Å². The highest BCUT2D eigenvalue weighted by Gasteiger charge is 2.42. The number of ketones is 1. The van der Waals surface area contributed by atoms with Crippen molar-refractivity contribution in [2.75, 3.05) is 7.11 Å². The van der Waals surface area contributed by atoms with E-state index >= 15 is 0 Å². The molecule has 2 nitrogen and oxygen atoms in total. The number of halogens is 1. The summed E-state index contributed by atoms with van der Waals surface area (Å²) < 4.78 is 5.46. The molecule has 0 saturated heterocycles. The van der Waals surface area contributed by atoms with Gasteiger partial charge >= 0.3 is 0 Å². The van der Waals surface area contributed by atoms with Crippen molar-refractivity contribution in [2.24, 2.45) is 0 Å². The maximum absolute atomic E-state index is 12.4. The molecule has 16 heavy (non-hydrogen) atoms. The quantitative estimate of drug-likeness (QED) is 0.754. The first-order valence-corrected chi connectivity index (χ1v) is 5.92. The number of carbonyl (C=O) groups excluding carboxylic acids is 1. The first-order chi connectivity index (χ1) is 7.69. The minimum atomic E-state index is -0.634. The lowest BCUT2D eigenvalue weighted by Crippen LogP contribution is -2.37. The van der Waals surface area contributed by atoms with Crippen molar-refractivity contribution in [3.05, 3.63) is 34.9 Å². The van der Waals surface area contributed by atoms with Gasteiger partial charge in [-0.15, -0.1) is 0 Å². The van der Waals surface area contributed by atoms with Crippen molar-refractivity contribution in [3.8, 4) is 0 Å². The predicted octanol–water partition coefficient (Wildman–Crippen LogP) is 3.48. The fourth-order valence-corrected chi connectivity index (χ4v) is 2.58. The normalized spacial score (nSPS) is 18.6. The molecule has 1 aliphatic carbocycles. The van der Waals surface area contributed by atoms with Crippen LogP contribution < -0.4 is 0 Å². The van der Waals surface area contributed by atoms with E-state index in [9.17, 15) is 4.79 Å². The van der Waals surface area contributed by atoms with Gasteiger partial charge in [-0.3, -0.25) is 4.79 Å². The minimum Gasteiger partial charge on any atom is -0.370 e. The third-order valence-electron chi connectivity index (χ3n) is 3.33. The van der Waals surface area contributed by atoms with Crippen LogP contribution in [0, 0.1) is 0 Å². The number of methoxy groups -OCH3 is 1. The molecule has 1 aromatic rings. The second kappa shape index (κ2) is 4.56. The summed E-state index contributed by atoms with van der Waals surface area (Å²) >= 11 is 6.04. The lowest BCUT2D eigenvalue weighted by atomic mass is 9.91. The van der Waals surface area contributed by atoms with E-state index in [1.807, 2.05) is 12.1 Å². The number of ether oxygens (including phenoxy) is 1. The standard InChI is InChI=1S/C13H15ClO2/c1-16-13(8-4-5-9-13)12(15)10-6-2-3-7-11(10)14/h2-3,6-7H,4-5,8-9H2,1H3. The van der Waals surface area contributed by atoms with Crippen LogP contribution in [0.1, 0.15) is 36.0 Å². The SMILES string of the molecule is COC1(C(=O)c2ccccc2Cl)CCCC1. The smallest absolute Gasteiger partial charge is 0.196 e. The summed E-state index contributed by atoms with van der Waals surface area (Å²) in [6, 6.07) is 7.17. The zero-order chi connectivity index (χ0) is 11.6. The maximum Gasteiger partial charge on any atom is 0.196 e. The Bertz CT molecular complexity index is 395. The summed E-state index contributed by atoms with van der Waals surface area (Å²) in [6.07, 6.45) is 3.69. The van der Waals surface area contributed by atoms with Crippen LogP contribution in [0.5, 0.6) is 0 Å². The zero-order valence-electron chi connectivity index (χ0n) is 9.33. The van der Waals surface area contributed by atoms with Crippen molar-refractivity contribution < 1.29 is 9.53 Å². The number of hydrogen-bond acceptors (Lipinski definition) is 2. The minimum absolute atomic E-state index is 0.0260. The van der Waals surface area contributed by atoms with E-state index in [4.69, 9.17) is 16.3 Å². The summed E-state index contributed by atoms with van der Waals surface area (Å²) in [5.41, 5.74) is -0.0572. The summed E-state index contributed by atoms with van der Waals surface area (Å²) in [6.45, 7) is 0. The molecule has 1 fully saturated rings. The lowest BCUT2D eigenvalue weighted by Gasteiger charge is -2.26. The van der Waals surface area contributed by atoms with E-state index in [0.29, 0.717) is 10.6 Å².